The summed E-state index contributed by atoms with van der Waals surface area (Å²) >= 11 is 1.04. The number of aromatic nitrogens is 2. The van der Waals surface area contributed by atoms with Gasteiger partial charge >= 0.3 is 11.8 Å². The van der Waals surface area contributed by atoms with Crippen LogP contribution in [0.3, 0.4) is 0 Å². The predicted molar refractivity (Wildman–Crippen MR) is 114 cm³/mol. The van der Waals surface area contributed by atoms with Crippen LogP contribution in [0, 0.1) is 0 Å². The Labute approximate surface area is 184 Å². The summed E-state index contributed by atoms with van der Waals surface area (Å²) in [5.41, 5.74) is 1.18. The Morgan fingerprint density at radius 1 is 1.23 bits per heavy atom. The lowest BCUT2D eigenvalue weighted by atomic mass is 10.1. The van der Waals surface area contributed by atoms with Gasteiger partial charge in [0.2, 0.25) is 15.9 Å². The fourth-order valence-corrected chi connectivity index (χ4v) is 5.53. The summed E-state index contributed by atoms with van der Waals surface area (Å²) < 4.78 is 38.9. The zero-order chi connectivity index (χ0) is 21.8. The highest BCUT2D eigenvalue weighted by Gasteiger charge is 2.25. The first-order valence-electron chi connectivity index (χ1n) is 9.81. The molecule has 0 unspecified atom stereocenters. The van der Waals surface area contributed by atoms with Gasteiger partial charge in [0.15, 0.2) is 0 Å². The minimum absolute atomic E-state index is 0.0817. The van der Waals surface area contributed by atoms with E-state index >= 15 is 0 Å². The molecule has 1 N–H and O–H groups in total. The van der Waals surface area contributed by atoms with Crippen molar-refractivity contribution in [3.05, 3.63) is 47.2 Å². The monoisotopic (exact) mass is 462 g/mol. The topological polar surface area (TPSA) is 115 Å². The average molecular weight is 463 g/mol. The number of amides is 1. The van der Waals surface area contributed by atoms with Crippen LogP contribution >= 0.6 is 11.3 Å². The molecule has 0 aliphatic carbocycles. The highest BCUT2D eigenvalue weighted by atomic mass is 32.2. The molecule has 0 spiro atoms. The van der Waals surface area contributed by atoms with Crippen molar-refractivity contribution in [2.75, 3.05) is 20.2 Å². The minimum Gasteiger partial charge on any atom is -0.496 e. The largest absolute Gasteiger partial charge is 0.496 e. The van der Waals surface area contributed by atoms with Gasteiger partial charge in [0.1, 0.15) is 9.96 Å². The molecule has 3 aromatic rings. The van der Waals surface area contributed by atoms with Gasteiger partial charge in [-0.2, -0.15) is 0 Å². The van der Waals surface area contributed by atoms with Gasteiger partial charge in [-0.3, -0.25) is 4.79 Å². The third kappa shape index (κ3) is 4.78. The molecule has 164 valence electrons. The number of hydrogen-bond acceptors (Lipinski definition) is 8. The lowest BCUT2D eigenvalue weighted by molar-refractivity contribution is 0.0684. The van der Waals surface area contributed by atoms with Crippen LogP contribution in [-0.2, 0) is 16.6 Å². The molecule has 1 aromatic carbocycles. The highest BCUT2D eigenvalue weighted by Crippen LogP contribution is 2.28. The highest BCUT2D eigenvalue weighted by molar-refractivity contribution is 7.91. The molecule has 0 atom stereocenters. The molecule has 1 amide bonds. The molecule has 9 nitrogen and oxygen atoms in total. The van der Waals surface area contributed by atoms with E-state index in [1.807, 2.05) is 12.1 Å². The molecular formula is C20H22N4O5S2. The van der Waals surface area contributed by atoms with Gasteiger partial charge in [0.05, 0.1) is 12.7 Å². The van der Waals surface area contributed by atoms with Gasteiger partial charge in [0.25, 0.3) is 0 Å². The van der Waals surface area contributed by atoms with Crippen LogP contribution in [-0.4, -0.2) is 49.6 Å². The van der Waals surface area contributed by atoms with Crippen molar-refractivity contribution >= 4 is 27.3 Å². The zero-order valence-corrected chi connectivity index (χ0v) is 18.5. The van der Waals surface area contributed by atoms with Crippen molar-refractivity contribution in [3.8, 4) is 17.2 Å². The van der Waals surface area contributed by atoms with Crippen LogP contribution in [0.2, 0.25) is 0 Å². The van der Waals surface area contributed by atoms with E-state index in [9.17, 15) is 13.2 Å². The number of para-hydroxylation sites is 1. The van der Waals surface area contributed by atoms with Crippen LogP contribution in [0.5, 0.6) is 5.75 Å². The molecular weight excluding hydrogens is 440 g/mol. The third-order valence-corrected chi connectivity index (χ3v) is 7.82. The maximum absolute atomic E-state index is 12.7. The molecule has 0 radical (unpaired) electrons. The number of carbonyl (C=O) groups excluding carboxylic acids is 1. The number of sulfonamides is 1. The van der Waals surface area contributed by atoms with Crippen molar-refractivity contribution in [2.45, 2.75) is 30.0 Å². The Morgan fingerprint density at radius 2 is 2.00 bits per heavy atom. The van der Waals surface area contributed by atoms with Crippen molar-refractivity contribution in [3.63, 3.8) is 0 Å². The summed E-state index contributed by atoms with van der Waals surface area (Å²) in [6, 6.07) is 8.65. The first kappa shape index (κ1) is 21.5. The van der Waals surface area contributed by atoms with Gasteiger partial charge < -0.3 is 14.1 Å². The number of likely N-dealkylation sites (tertiary alicyclic amines) is 1. The Hall–Kier alpha value is -2.76. The van der Waals surface area contributed by atoms with E-state index in [4.69, 9.17) is 9.15 Å². The van der Waals surface area contributed by atoms with E-state index < -0.39 is 10.0 Å². The number of ether oxygens (including phenoxy) is 1. The molecule has 1 aliphatic heterocycles. The summed E-state index contributed by atoms with van der Waals surface area (Å²) in [5, 5.41) is 9.39. The Balaban J connectivity index is 1.46. The number of rotatable bonds is 7. The van der Waals surface area contributed by atoms with Gasteiger partial charge in [0, 0.05) is 30.6 Å². The summed E-state index contributed by atoms with van der Waals surface area (Å²) in [6.45, 7) is 1.44. The number of nitrogens with zero attached hydrogens (tertiary/aromatic N) is 3. The second-order valence-electron chi connectivity index (χ2n) is 7.06. The molecule has 1 aliphatic rings. The lowest BCUT2D eigenvalue weighted by Gasteiger charge is -2.24. The fourth-order valence-electron chi connectivity index (χ4n) is 3.32. The Morgan fingerprint density at radius 3 is 2.77 bits per heavy atom. The maximum atomic E-state index is 12.7. The van der Waals surface area contributed by atoms with Crippen LogP contribution in [0.15, 0.2) is 44.3 Å². The number of nitrogens with one attached hydrogen (secondary N) is 1. The first-order valence-corrected chi connectivity index (χ1v) is 12.2. The third-order valence-electron chi connectivity index (χ3n) is 4.98. The standard InChI is InChI=1S/C20H22N4O5S2/c1-28-16-8-4-3-7-14(16)12-21-31(26,27)17-11-15(13-30-17)18-22-23-19(29-18)20(25)24-9-5-2-6-10-24/h3-4,7-8,11,13,21H,2,5-6,9-10,12H2,1H3. The molecule has 4 rings (SSSR count). The van der Waals surface area contributed by atoms with E-state index in [0.29, 0.717) is 24.4 Å². The van der Waals surface area contributed by atoms with E-state index in [1.54, 1.807) is 22.4 Å². The van der Waals surface area contributed by atoms with Crippen LogP contribution in [0.25, 0.3) is 11.5 Å². The van der Waals surface area contributed by atoms with Crippen molar-refractivity contribution in [2.24, 2.45) is 0 Å². The van der Waals surface area contributed by atoms with E-state index in [2.05, 4.69) is 14.9 Å². The van der Waals surface area contributed by atoms with Gasteiger partial charge in [-0.1, -0.05) is 18.2 Å². The number of benzene rings is 1. The normalized spacial score (nSPS) is 14.5. The Kier molecular flexibility index (Phi) is 6.35. The SMILES string of the molecule is COc1ccccc1CNS(=O)(=O)c1cc(-c2nnc(C(=O)N3CCCCC3)o2)cs1. The van der Waals surface area contributed by atoms with Gasteiger partial charge in [-0.05, 0) is 31.4 Å². The quantitative estimate of drug-likeness (QED) is 0.574. The first-order chi connectivity index (χ1) is 15.0. The van der Waals surface area contributed by atoms with Gasteiger partial charge in [-0.25, -0.2) is 13.1 Å². The van der Waals surface area contributed by atoms with E-state index in [-0.39, 0.29) is 28.4 Å². The molecule has 2 aromatic heterocycles. The fraction of sp³-hybridized carbons (Fsp3) is 0.350. The number of carbonyl (C=O) groups is 1. The predicted octanol–water partition coefficient (Wildman–Crippen LogP) is 2.91. The molecule has 1 fully saturated rings. The molecule has 31 heavy (non-hydrogen) atoms. The second kappa shape index (κ2) is 9.16. The van der Waals surface area contributed by atoms with Crippen molar-refractivity contribution in [1.82, 2.24) is 19.8 Å². The molecule has 3 heterocycles. The Bertz CT molecular complexity index is 1170. The van der Waals surface area contributed by atoms with Crippen molar-refractivity contribution < 1.29 is 22.4 Å². The van der Waals surface area contributed by atoms with Crippen molar-refractivity contribution in [1.29, 1.82) is 0 Å². The lowest BCUT2D eigenvalue weighted by Crippen LogP contribution is -2.35. The maximum Gasteiger partial charge on any atom is 0.311 e. The number of thiophene rings is 1. The summed E-state index contributed by atoms with van der Waals surface area (Å²) in [7, 11) is -2.21. The van der Waals surface area contributed by atoms with Crippen LogP contribution in [0.1, 0.15) is 35.5 Å². The molecule has 1 saturated heterocycles. The smallest absolute Gasteiger partial charge is 0.311 e. The molecule has 0 saturated carbocycles. The zero-order valence-electron chi connectivity index (χ0n) is 16.9. The second-order valence-corrected chi connectivity index (χ2v) is 9.96. The summed E-state index contributed by atoms with van der Waals surface area (Å²) in [6.07, 6.45) is 3.02. The average Bonchev–Trinajstić information content (AvgIpc) is 3.48. The number of piperidine rings is 1. The number of hydrogen-bond donors (Lipinski definition) is 1. The summed E-state index contributed by atoms with van der Waals surface area (Å²) in [5.74, 6) is 0.346. The van der Waals surface area contributed by atoms with Gasteiger partial charge in [-0.15, -0.1) is 21.5 Å². The van der Waals surface area contributed by atoms with Crippen LogP contribution < -0.4 is 9.46 Å². The number of methoxy groups -OCH3 is 1. The minimum atomic E-state index is -3.75. The van der Waals surface area contributed by atoms with Crippen LogP contribution in [0.4, 0.5) is 0 Å². The van der Waals surface area contributed by atoms with E-state index in [1.165, 1.54) is 13.2 Å². The summed E-state index contributed by atoms with van der Waals surface area (Å²) in [4.78, 5) is 14.2. The van der Waals surface area contributed by atoms with E-state index in [0.717, 1.165) is 36.2 Å². The molecule has 0 bridgehead atoms. The molecule has 11 heteroatoms.